The molecule has 0 aliphatic heterocycles. The van der Waals surface area contributed by atoms with Crippen LogP contribution in [-0.2, 0) is 4.79 Å². The Labute approximate surface area is 118 Å². The first-order valence-electron chi connectivity index (χ1n) is 5.19. The Balaban J connectivity index is 2.95. The summed E-state index contributed by atoms with van der Waals surface area (Å²) in [6.07, 6.45) is 1.21. The number of pyridine rings is 1. The molecule has 0 saturated carbocycles. The van der Waals surface area contributed by atoms with Crippen molar-refractivity contribution in [2.75, 3.05) is 11.1 Å². The zero-order valence-electron chi connectivity index (χ0n) is 10.4. The van der Waals surface area contributed by atoms with Crippen LogP contribution in [0, 0.1) is 0 Å². The minimum absolute atomic E-state index is 0.0322. The number of nitrogens with one attached hydrogen (secondary N) is 1. The Hall–Kier alpha value is -1.46. The van der Waals surface area contributed by atoms with E-state index in [-0.39, 0.29) is 23.2 Å². The summed E-state index contributed by atoms with van der Waals surface area (Å²) < 4.78 is 5.14. The summed E-state index contributed by atoms with van der Waals surface area (Å²) in [6, 6.07) is 1.36. The van der Waals surface area contributed by atoms with Crippen molar-refractivity contribution in [1.29, 1.82) is 0 Å². The quantitative estimate of drug-likeness (QED) is 0.637. The van der Waals surface area contributed by atoms with Gasteiger partial charge in [-0.25, -0.2) is 4.98 Å². The molecule has 0 aromatic carbocycles. The van der Waals surface area contributed by atoms with Gasteiger partial charge in [-0.05, 0) is 0 Å². The van der Waals surface area contributed by atoms with Gasteiger partial charge in [0.1, 0.15) is 21.5 Å². The van der Waals surface area contributed by atoms with Crippen molar-refractivity contribution in [1.82, 2.24) is 4.98 Å². The van der Waals surface area contributed by atoms with Crippen molar-refractivity contribution in [3.05, 3.63) is 12.3 Å². The lowest BCUT2D eigenvalue weighted by Gasteiger charge is -2.42. The van der Waals surface area contributed by atoms with Crippen LogP contribution in [0.15, 0.2) is 12.3 Å². The number of nitrogens with two attached hydrogens (primary N) is 1. The van der Waals surface area contributed by atoms with E-state index in [4.69, 9.17) is 49.7 Å². The van der Waals surface area contributed by atoms with Gasteiger partial charge in [-0.3, -0.25) is 4.79 Å². The van der Waals surface area contributed by atoms with Crippen LogP contribution in [0.3, 0.4) is 0 Å². The summed E-state index contributed by atoms with van der Waals surface area (Å²) >= 11 is 0. The largest absolute Gasteiger partial charge is 0.505 e. The molecule has 1 aromatic heterocycles. The first-order valence-corrected chi connectivity index (χ1v) is 5.19. The average molecular weight is 244 g/mol. The molecule has 10 heteroatoms. The molecule has 1 rings (SSSR count). The molecule has 3 N–H and O–H groups in total. The van der Waals surface area contributed by atoms with Crippen molar-refractivity contribution < 1.29 is 9.53 Å². The summed E-state index contributed by atoms with van der Waals surface area (Å²) in [5, 5.41) is -1.60. The third kappa shape index (κ3) is 4.01. The fourth-order valence-electron chi connectivity index (χ4n) is 1.06. The Morgan fingerprint density at radius 2 is 1.95 bits per heavy atom. The number of amides is 1. The number of hydrogen-bond donors (Lipinski definition) is 2. The SMILES string of the molecule is [B]C([B])([B])C([B])([B])Oc1cnc(NC(C)=O)cc1N. The lowest BCUT2D eigenvalue weighted by molar-refractivity contribution is -0.114. The first-order chi connectivity index (χ1) is 8.53. The Morgan fingerprint density at radius 1 is 1.37 bits per heavy atom. The van der Waals surface area contributed by atoms with Gasteiger partial charge >= 0.3 is 0 Å². The Bertz CT molecular complexity index is 489. The van der Waals surface area contributed by atoms with Crippen LogP contribution in [0.2, 0.25) is 5.11 Å². The van der Waals surface area contributed by atoms with Gasteiger partial charge in [-0.2, -0.15) is 0 Å². The fraction of sp³-hybridized carbons (Fsp3) is 0.333. The molecular formula is C9H8B5N3O2. The second-order valence-electron chi connectivity index (χ2n) is 4.12. The maximum Gasteiger partial charge on any atom is 0.222 e. The molecule has 0 fully saturated rings. The molecule has 0 unspecified atom stereocenters. The second kappa shape index (κ2) is 5.27. The van der Waals surface area contributed by atoms with Crippen molar-refractivity contribution in [3.8, 4) is 5.75 Å². The number of nitrogen functional groups attached to an aromatic ring is 1. The molecule has 86 valence electrons. The van der Waals surface area contributed by atoms with Crippen molar-refractivity contribution in [2.45, 2.75) is 17.4 Å². The lowest BCUT2D eigenvalue weighted by atomic mass is 9.28. The maximum absolute atomic E-state index is 10.9. The molecule has 1 heterocycles. The van der Waals surface area contributed by atoms with Gasteiger partial charge in [0.15, 0.2) is 5.75 Å². The maximum atomic E-state index is 10.9. The number of carbonyl (C=O) groups is 1. The molecule has 5 nitrogen and oxygen atoms in total. The highest BCUT2D eigenvalue weighted by molar-refractivity contribution is 6.66. The summed E-state index contributed by atoms with van der Waals surface area (Å²) in [5.41, 5.74) is 5.83. The minimum Gasteiger partial charge on any atom is -0.505 e. The molecule has 0 spiro atoms. The van der Waals surface area contributed by atoms with Gasteiger partial charge in [-0.15, -0.1) is 5.11 Å². The average Bonchev–Trinajstić information content (AvgIpc) is 2.19. The van der Waals surface area contributed by atoms with E-state index in [0.717, 1.165) is 0 Å². The van der Waals surface area contributed by atoms with Crippen LogP contribution in [0.1, 0.15) is 6.92 Å². The highest BCUT2D eigenvalue weighted by Gasteiger charge is 2.32. The topological polar surface area (TPSA) is 77.2 Å². The van der Waals surface area contributed by atoms with Crippen LogP contribution in [-0.4, -0.2) is 55.5 Å². The minimum atomic E-state index is -2.06. The first kappa shape index (κ1) is 15.6. The van der Waals surface area contributed by atoms with Crippen molar-refractivity contribution in [2.24, 2.45) is 0 Å². The standard InChI is InChI=1S/C9H8B5N3O2/c1-4(18)17-7-2-5(15)6(3-16-7)19-9(13,14)8(10,11)12/h2-3H,1H3,(H3,15,16,17,18). The number of anilines is 2. The van der Waals surface area contributed by atoms with Crippen LogP contribution in [0.25, 0.3) is 0 Å². The fourth-order valence-corrected chi connectivity index (χ4v) is 1.06. The summed E-state index contributed by atoms with van der Waals surface area (Å²) in [5.74, 6) is -0.0150. The van der Waals surface area contributed by atoms with Crippen molar-refractivity contribution >= 4 is 56.6 Å². The lowest BCUT2D eigenvalue weighted by Crippen LogP contribution is -2.51. The van der Waals surface area contributed by atoms with Gasteiger partial charge < -0.3 is 15.8 Å². The van der Waals surface area contributed by atoms with Gasteiger partial charge in [0.2, 0.25) is 5.91 Å². The number of nitrogens with zero attached hydrogens (tertiary/aromatic N) is 1. The van der Waals surface area contributed by atoms with Gasteiger partial charge in [-0.1, -0.05) is 0 Å². The molecule has 0 bridgehead atoms. The monoisotopic (exact) mass is 245 g/mol. The number of rotatable bonds is 4. The summed E-state index contributed by atoms with van der Waals surface area (Å²) in [4.78, 5) is 14.7. The molecule has 0 aliphatic carbocycles. The molecule has 1 aromatic rings. The Kier molecular flexibility index (Phi) is 4.33. The van der Waals surface area contributed by atoms with Gasteiger partial charge in [0.05, 0.1) is 35.4 Å². The molecule has 10 radical (unpaired) electrons. The van der Waals surface area contributed by atoms with Crippen LogP contribution < -0.4 is 15.8 Å². The third-order valence-electron chi connectivity index (χ3n) is 2.16. The third-order valence-corrected chi connectivity index (χ3v) is 2.16. The highest BCUT2D eigenvalue weighted by atomic mass is 16.5. The molecule has 19 heavy (non-hydrogen) atoms. The molecule has 0 aliphatic rings. The molecular weight excluding hydrogens is 236 g/mol. The summed E-state index contributed by atoms with van der Waals surface area (Å²) in [7, 11) is 27.2. The van der Waals surface area contributed by atoms with Gasteiger partial charge in [0, 0.05) is 18.4 Å². The number of hydrogen-bond acceptors (Lipinski definition) is 4. The van der Waals surface area contributed by atoms with E-state index in [1.165, 1.54) is 19.2 Å². The van der Waals surface area contributed by atoms with E-state index in [1.54, 1.807) is 0 Å². The van der Waals surface area contributed by atoms with E-state index < -0.39 is 10.5 Å². The number of carbonyl (C=O) groups excluding carboxylic acids is 1. The Morgan fingerprint density at radius 3 is 2.37 bits per heavy atom. The number of aromatic nitrogens is 1. The molecule has 0 atom stereocenters. The molecule has 1 amide bonds. The smallest absolute Gasteiger partial charge is 0.222 e. The normalized spacial score (nSPS) is 11.8. The zero-order valence-corrected chi connectivity index (χ0v) is 10.4. The summed E-state index contributed by atoms with van der Waals surface area (Å²) in [6.45, 7) is 1.33. The van der Waals surface area contributed by atoms with E-state index in [1.807, 2.05) is 0 Å². The second-order valence-corrected chi connectivity index (χ2v) is 4.12. The van der Waals surface area contributed by atoms with E-state index in [2.05, 4.69) is 10.3 Å². The highest BCUT2D eigenvalue weighted by Crippen LogP contribution is 2.31. The predicted molar refractivity (Wildman–Crippen MR) is 77.8 cm³/mol. The zero-order chi connectivity index (χ0) is 14.8. The van der Waals surface area contributed by atoms with E-state index in [9.17, 15) is 4.79 Å². The number of ether oxygens (including phenoxy) is 1. The van der Waals surface area contributed by atoms with Gasteiger partial charge in [0.25, 0.3) is 0 Å². The van der Waals surface area contributed by atoms with Crippen molar-refractivity contribution in [3.63, 3.8) is 0 Å². The van der Waals surface area contributed by atoms with Crippen LogP contribution >= 0.6 is 0 Å². The molecule has 0 saturated heterocycles. The predicted octanol–water partition coefficient (Wildman–Crippen LogP) is -1.43. The van der Waals surface area contributed by atoms with E-state index in [0.29, 0.717) is 0 Å². The van der Waals surface area contributed by atoms with Crippen LogP contribution in [0.5, 0.6) is 5.75 Å². The van der Waals surface area contributed by atoms with Crippen LogP contribution in [0.4, 0.5) is 11.5 Å². The van der Waals surface area contributed by atoms with E-state index >= 15 is 0 Å².